The molecule has 0 spiro atoms. The van der Waals surface area contributed by atoms with Crippen LogP contribution in [0.4, 0.5) is 4.39 Å². The van der Waals surface area contributed by atoms with Gasteiger partial charge in [-0.05, 0) is 23.6 Å². The molecule has 4 nitrogen and oxygen atoms in total. The van der Waals surface area contributed by atoms with Gasteiger partial charge in [0, 0.05) is 18.3 Å². The fraction of sp³-hybridized carbons (Fsp3) is 0.400. The Kier molecular flexibility index (Phi) is 6.65. The van der Waals surface area contributed by atoms with E-state index in [2.05, 4.69) is 5.10 Å². The molecular formula is C15H21ClFN3O. The van der Waals surface area contributed by atoms with Crippen LogP contribution in [0.15, 0.2) is 30.6 Å². The van der Waals surface area contributed by atoms with Gasteiger partial charge in [0.2, 0.25) is 0 Å². The van der Waals surface area contributed by atoms with Crippen LogP contribution in [0.5, 0.6) is 5.75 Å². The predicted molar refractivity (Wildman–Crippen MR) is 84.3 cm³/mol. The molecule has 0 aliphatic carbocycles. The Bertz CT molecular complexity index is 572. The third-order valence-corrected chi connectivity index (χ3v) is 2.83. The van der Waals surface area contributed by atoms with Gasteiger partial charge in [0.15, 0.2) is 11.6 Å². The zero-order valence-electron chi connectivity index (χ0n) is 12.3. The smallest absolute Gasteiger partial charge is 0.165 e. The van der Waals surface area contributed by atoms with Crippen molar-refractivity contribution in [1.82, 2.24) is 9.78 Å². The summed E-state index contributed by atoms with van der Waals surface area (Å²) in [4.78, 5) is 0. The summed E-state index contributed by atoms with van der Waals surface area (Å²) in [6, 6.07) is 4.86. The van der Waals surface area contributed by atoms with E-state index in [9.17, 15) is 4.39 Å². The zero-order valence-corrected chi connectivity index (χ0v) is 13.1. The van der Waals surface area contributed by atoms with Gasteiger partial charge in [-0.15, -0.1) is 12.4 Å². The Morgan fingerprint density at radius 2 is 2.10 bits per heavy atom. The zero-order chi connectivity index (χ0) is 14.5. The lowest BCUT2D eigenvalue weighted by atomic mass is 10.1. The summed E-state index contributed by atoms with van der Waals surface area (Å²) in [5.41, 5.74) is 7.30. The number of aromatic nitrogens is 2. The van der Waals surface area contributed by atoms with Crippen molar-refractivity contribution in [2.45, 2.75) is 20.4 Å². The first-order valence-electron chi connectivity index (χ1n) is 6.75. The van der Waals surface area contributed by atoms with Gasteiger partial charge in [0.05, 0.1) is 19.3 Å². The molecule has 0 aliphatic heterocycles. The van der Waals surface area contributed by atoms with Crippen LogP contribution in [-0.2, 0) is 6.54 Å². The average Bonchev–Trinajstić information content (AvgIpc) is 2.87. The maximum absolute atomic E-state index is 13.7. The molecule has 0 amide bonds. The van der Waals surface area contributed by atoms with Crippen molar-refractivity contribution in [3.63, 3.8) is 0 Å². The first kappa shape index (κ1) is 17.5. The minimum absolute atomic E-state index is 0. The molecule has 0 atom stereocenters. The second-order valence-corrected chi connectivity index (χ2v) is 5.13. The summed E-state index contributed by atoms with van der Waals surface area (Å²) in [5, 5.41) is 4.21. The number of rotatable bonds is 6. The van der Waals surface area contributed by atoms with Gasteiger partial charge in [-0.2, -0.15) is 5.10 Å². The van der Waals surface area contributed by atoms with E-state index in [0.717, 1.165) is 11.1 Å². The van der Waals surface area contributed by atoms with Crippen molar-refractivity contribution in [1.29, 1.82) is 0 Å². The topological polar surface area (TPSA) is 53.1 Å². The van der Waals surface area contributed by atoms with Crippen LogP contribution < -0.4 is 10.5 Å². The van der Waals surface area contributed by atoms with Crippen molar-refractivity contribution in [2.75, 3.05) is 13.2 Å². The van der Waals surface area contributed by atoms with Crippen molar-refractivity contribution in [3.8, 4) is 16.9 Å². The fourth-order valence-corrected chi connectivity index (χ4v) is 1.82. The number of hydrogen-bond acceptors (Lipinski definition) is 3. The molecule has 0 saturated carbocycles. The Morgan fingerprint density at radius 3 is 2.76 bits per heavy atom. The second-order valence-electron chi connectivity index (χ2n) is 5.13. The Hall–Kier alpha value is -1.59. The lowest BCUT2D eigenvalue weighted by Gasteiger charge is -2.10. The number of hydrogen-bond donors (Lipinski definition) is 1. The van der Waals surface area contributed by atoms with Crippen LogP contribution in [0.25, 0.3) is 11.1 Å². The highest BCUT2D eigenvalue weighted by Crippen LogP contribution is 2.26. The second kappa shape index (κ2) is 8.00. The van der Waals surface area contributed by atoms with Crippen LogP contribution in [0, 0.1) is 11.7 Å². The predicted octanol–water partition coefficient (Wildman–Crippen LogP) is 3.10. The summed E-state index contributed by atoms with van der Waals surface area (Å²) in [7, 11) is 0. The standard InChI is InChI=1S/C15H20FN3O.ClH/c1-11(2)10-20-15-7-12(3-4-14(15)16)13-8-18-19(9-13)6-5-17;/h3-4,7-9,11H,5-6,10,17H2,1-2H3;1H. The molecule has 1 heterocycles. The largest absolute Gasteiger partial charge is 0.490 e. The van der Waals surface area contributed by atoms with Gasteiger partial charge < -0.3 is 10.5 Å². The van der Waals surface area contributed by atoms with Crippen LogP contribution in [0.3, 0.4) is 0 Å². The van der Waals surface area contributed by atoms with E-state index >= 15 is 0 Å². The maximum Gasteiger partial charge on any atom is 0.165 e. The normalized spacial score (nSPS) is 10.5. The summed E-state index contributed by atoms with van der Waals surface area (Å²) >= 11 is 0. The van der Waals surface area contributed by atoms with Gasteiger partial charge in [-0.1, -0.05) is 19.9 Å². The molecule has 0 radical (unpaired) electrons. The Balaban J connectivity index is 0.00000220. The molecule has 1 aromatic heterocycles. The molecule has 0 saturated heterocycles. The third kappa shape index (κ3) is 4.72. The summed E-state index contributed by atoms with van der Waals surface area (Å²) in [5.74, 6) is 0.289. The molecule has 2 rings (SSSR count). The molecule has 2 N–H and O–H groups in total. The molecule has 0 unspecified atom stereocenters. The fourth-order valence-electron chi connectivity index (χ4n) is 1.82. The van der Waals surface area contributed by atoms with E-state index in [4.69, 9.17) is 10.5 Å². The van der Waals surface area contributed by atoms with Gasteiger partial charge >= 0.3 is 0 Å². The third-order valence-electron chi connectivity index (χ3n) is 2.83. The molecule has 0 bridgehead atoms. The lowest BCUT2D eigenvalue weighted by molar-refractivity contribution is 0.259. The molecule has 0 aliphatic rings. The monoisotopic (exact) mass is 313 g/mol. The molecular weight excluding hydrogens is 293 g/mol. The minimum Gasteiger partial charge on any atom is -0.490 e. The molecule has 0 fully saturated rings. The van der Waals surface area contributed by atoms with Crippen molar-refractivity contribution in [2.24, 2.45) is 11.7 Å². The highest BCUT2D eigenvalue weighted by Gasteiger charge is 2.09. The van der Waals surface area contributed by atoms with Gasteiger partial charge in [-0.25, -0.2) is 4.39 Å². The maximum atomic E-state index is 13.7. The molecule has 1 aromatic carbocycles. The SMILES string of the molecule is CC(C)COc1cc(-c2cnn(CCN)c2)ccc1F.Cl. The van der Waals surface area contributed by atoms with Crippen molar-refractivity contribution < 1.29 is 9.13 Å². The van der Waals surface area contributed by atoms with E-state index in [1.54, 1.807) is 23.0 Å². The summed E-state index contributed by atoms with van der Waals surface area (Å²) in [6.07, 6.45) is 3.64. The van der Waals surface area contributed by atoms with Crippen LogP contribution >= 0.6 is 12.4 Å². The van der Waals surface area contributed by atoms with Gasteiger partial charge in [-0.3, -0.25) is 4.68 Å². The first-order valence-corrected chi connectivity index (χ1v) is 6.75. The van der Waals surface area contributed by atoms with E-state index < -0.39 is 0 Å². The number of benzene rings is 1. The summed E-state index contributed by atoms with van der Waals surface area (Å²) < 4.78 is 21.0. The number of halogens is 2. The highest BCUT2D eigenvalue weighted by molar-refractivity contribution is 5.85. The Morgan fingerprint density at radius 1 is 1.33 bits per heavy atom. The van der Waals surface area contributed by atoms with Crippen molar-refractivity contribution >= 4 is 12.4 Å². The van der Waals surface area contributed by atoms with E-state index in [1.807, 2.05) is 20.0 Å². The molecule has 2 aromatic rings. The van der Waals surface area contributed by atoms with Crippen LogP contribution in [-0.4, -0.2) is 22.9 Å². The van der Waals surface area contributed by atoms with Crippen LogP contribution in [0.1, 0.15) is 13.8 Å². The van der Waals surface area contributed by atoms with Crippen LogP contribution in [0.2, 0.25) is 0 Å². The van der Waals surface area contributed by atoms with E-state index in [1.165, 1.54) is 6.07 Å². The van der Waals surface area contributed by atoms with Gasteiger partial charge in [0.1, 0.15) is 0 Å². The lowest BCUT2D eigenvalue weighted by Crippen LogP contribution is -2.09. The average molecular weight is 314 g/mol. The molecule has 116 valence electrons. The first-order chi connectivity index (χ1) is 9.60. The minimum atomic E-state index is -0.344. The van der Waals surface area contributed by atoms with Crippen molar-refractivity contribution in [3.05, 3.63) is 36.4 Å². The number of nitrogens with zero attached hydrogens (tertiary/aromatic N) is 2. The molecule has 6 heteroatoms. The number of ether oxygens (including phenoxy) is 1. The van der Waals surface area contributed by atoms with E-state index in [-0.39, 0.29) is 24.0 Å². The molecule has 21 heavy (non-hydrogen) atoms. The quantitative estimate of drug-likeness (QED) is 0.891. The van der Waals surface area contributed by atoms with E-state index in [0.29, 0.717) is 25.6 Å². The number of nitrogens with two attached hydrogens (primary N) is 1. The highest BCUT2D eigenvalue weighted by atomic mass is 35.5. The summed E-state index contributed by atoms with van der Waals surface area (Å²) in [6.45, 7) is 5.75. The van der Waals surface area contributed by atoms with Gasteiger partial charge in [0.25, 0.3) is 0 Å². The Labute approximate surface area is 130 Å².